The highest BCUT2D eigenvalue weighted by Crippen LogP contribution is 2.18. The predicted octanol–water partition coefficient (Wildman–Crippen LogP) is 2.15. The molecule has 0 radical (unpaired) electrons. The first-order valence-electron chi connectivity index (χ1n) is 7.49. The average molecular weight is 319 g/mol. The number of hydrogen-bond acceptors (Lipinski definition) is 6. The van der Waals surface area contributed by atoms with Gasteiger partial charge in [-0.1, -0.05) is 11.3 Å². The number of rotatable bonds is 6. The molecule has 2 aromatic heterocycles. The maximum Gasteiger partial charge on any atom is 0.113 e. The van der Waals surface area contributed by atoms with E-state index in [4.69, 9.17) is 4.74 Å². The normalized spacial score (nSPS) is 15.5. The lowest BCUT2D eigenvalue weighted by molar-refractivity contribution is 0.144. The summed E-state index contributed by atoms with van der Waals surface area (Å²) in [6.45, 7) is 10.4. The van der Waals surface area contributed by atoms with Gasteiger partial charge in [-0.15, -0.1) is 23.0 Å². The van der Waals surface area contributed by atoms with Crippen molar-refractivity contribution in [2.24, 2.45) is 0 Å². The van der Waals surface area contributed by atoms with Crippen LogP contribution >= 0.6 is 11.3 Å². The Labute approximate surface area is 134 Å². The maximum atomic E-state index is 5.53. The van der Waals surface area contributed by atoms with Crippen LogP contribution in [0.5, 0.6) is 0 Å². The second-order valence-corrected chi connectivity index (χ2v) is 6.49. The minimum atomic E-state index is 0.491. The quantitative estimate of drug-likeness (QED) is 0.603. The van der Waals surface area contributed by atoms with E-state index in [1.165, 1.54) is 0 Å². The molecule has 3 rings (SSSR count). The number of hydrogen-bond donors (Lipinski definition) is 0. The highest BCUT2D eigenvalue weighted by atomic mass is 32.1. The Balaban J connectivity index is 1.70. The zero-order valence-corrected chi connectivity index (χ0v) is 13.7. The van der Waals surface area contributed by atoms with Crippen molar-refractivity contribution < 1.29 is 4.74 Å². The van der Waals surface area contributed by atoms with Crippen molar-refractivity contribution in [3.63, 3.8) is 0 Å². The number of thiazole rings is 1. The lowest BCUT2D eigenvalue weighted by Gasteiger charge is -2.18. The molecular weight excluding hydrogens is 298 g/mol. The van der Waals surface area contributed by atoms with E-state index in [1.807, 2.05) is 11.6 Å². The van der Waals surface area contributed by atoms with Crippen molar-refractivity contribution in [3.05, 3.63) is 40.1 Å². The molecule has 3 heterocycles. The van der Waals surface area contributed by atoms with Gasteiger partial charge in [0, 0.05) is 31.6 Å². The number of aryl methyl sites for hydroxylation is 2. The zero-order chi connectivity index (χ0) is 15.4. The van der Waals surface area contributed by atoms with Crippen molar-refractivity contribution in [3.8, 4) is 0 Å². The van der Waals surface area contributed by atoms with Crippen molar-refractivity contribution in [1.29, 1.82) is 0 Å². The number of aromatic nitrogens is 4. The molecule has 0 unspecified atom stereocenters. The molecule has 0 bridgehead atoms. The van der Waals surface area contributed by atoms with Crippen LogP contribution in [0.1, 0.15) is 28.5 Å². The summed E-state index contributed by atoms with van der Waals surface area (Å²) < 4.78 is 7.54. The van der Waals surface area contributed by atoms with E-state index in [0.29, 0.717) is 13.2 Å². The number of nitrogens with zero attached hydrogens (tertiary/aromatic N) is 5. The molecule has 0 N–H and O–H groups in total. The van der Waals surface area contributed by atoms with Gasteiger partial charge in [0.25, 0.3) is 0 Å². The highest BCUT2D eigenvalue weighted by molar-refractivity contribution is 7.09. The average Bonchev–Trinajstić information content (AvgIpc) is 3.01. The van der Waals surface area contributed by atoms with Gasteiger partial charge in [0.05, 0.1) is 29.6 Å². The van der Waals surface area contributed by atoms with Crippen LogP contribution < -0.4 is 0 Å². The third-order valence-corrected chi connectivity index (χ3v) is 4.48. The molecule has 0 saturated heterocycles. The zero-order valence-electron chi connectivity index (χ0n) is 12.9. The Kier molecular flexibility index (Phi) is 4.97. The first kappa shape index (κ1) is 15.3. The summed E-state index contributed by atoms with van der Waals surface area (Å²) in [6, 6.07) is 0. The second kappa shape index (κ2) is 7.13. The van der Waals surface area contributed by atoms with E-state index in [-0.39, 0.29) is 0 Å². The Bertz CT molecular complexity index is 636. The molecule has 1 aliphatic rings. The maximum absolute atomic E-state index is 5.53. The summed E-state index contributed by atoms with van der Waals surface area (Å²) >= 11 is 1.71. The van der Waals surface area contributed by atoms with E-state index in [9.17, 15) is 0 Å². The van der Waals surface area contributed by atoms with Crippen LogP contribution in [-0.4, -0.2) is 38.0 Å². The van der Waals surface area contributed by atoms with E-state index in [0.717, 1.165) is 54.7 Å². The molecule has 2 aromatic rings. The Morgan fingerprint density at radius 3 is 3.14 bits per heavy atom. The van der Waals surface area contributed by atoms with E-state index in [1.54, 1.807) is 17.4 Å². The van der Waals surface area contributed by atoms with Gasteiger partial charge in [0.1, 0.15) is 5.69 Å². The summed E-state index contributed by atoms with van der Waals surface area (Å²) in [5.74, 6) is 0. The fourth-order valence-electron chi connectivity index (χ4n) is 2.65. The lowest BCUT2D eigenvalue weighted by atomic mass is 10.3. The fourth-order valence-corrected chi connectivity index (χ4v) is 3.26. The van der Waals surface area contributed by atoms with Crippen molar-refractivity contribution in [1.82, 2.24) is 24.9 Å². The highest BCUT2D eigenvalue weighted by Gasteiger charge is 2.20. The molecular formula is C15H21N5OS. The van der Waals surface area contributed by atoms with Crippen molar-refractivity contribution in [2.75, 3.05) is 13.2 Å². The first-order chi connectivity index (χ1) is 10.8. The molecule has 0 amide bonds. The van der Waals surface area contributed by atoms with Crippen LogP contribution in [0.2, 0.25) is 0 Å². The van der Waals surface area contributed by atoms with Crippen LogP contribution in [0.3, 0.4) is 0 Å². The third-order valence-electron chi connectivity index (χ3n) is 3.66. The van der Waals surface area contributed by atoms with Crippen molar-refractivity contribution >= 4 is 11.3 Å². The van der Waals surface area contributed by atoms with Gasteiger partial charge < -0.3 is 4.74 Å². The number of ether oxygens (including phenoxy) is 1. The SMILES string of the molecule is C=CCOCc1nnn2c1CN(Cc1csc(C)n1)CCC2. The summed E-state index contributed by atoms with van der Waals surface area (Å²) in [5, 5.41) is 11.8. The van der Waals surface area contributed by atoms with Crippen LogP contribution in [0.4, 0.5) is 0 Å². The van der Waals surface area contributed by atoms with Crippen LogP contribution in [0.15, 0.2) is 18.0 Å². The minimum absolute atomic E-state index is 0.491. The Morgan fingerprint density at radius 1 is 1.45 bits per heavy atom. The van der Waals surface area contributed by atoms with Gasteiger partial charge in [-0.05, 0) is 13.3 Å². The molecule has 6 nitrogen and oxygen atoms in total. The summed E-state index contributed by atoms with van der Waals surface area (Å²) in [5.41, 5.74) is 3.24. The molecule has 0 fully saturated rings. The molecule has 118 valence electrons. The summed E-state index contributed by atoms with van der Waals surface area (Å²) in [7, 11) is 0. The van der Waals surface area contributed by atoms with Crippen LogP contribution in [-0.2, 0) is 31.0 Å². The molecule has 0 saturated carbocycles. The second-order valence-electron chi connectivity index (χ2n) is 5.43. The topological polar surface area (TPSA) is 56.1 Å². The van der Waals surface area contributed by atoms with E-state index >= 15 is 0 Å². The molecule has 0 aliphatic carbocycles. The molecule has 0 aromatic carbocycles. The standard InChI is InChI=1S/C15H21N5OS/c1-3-7-21-10-14-15-9-19(5-4-6-20(15)18-17-14)8-13-11-22-12(2)16-13/h3,11H,1,4-10H2,2H3. The first-order valence-corrected chi connectivity index (χ1v) is 8.37. The summed E-state index contributed by atoms with van der Waals surface area (Å²) in [4.78, 5) is 6.98. The van der Waals surface area contributed by atoms with E-state index in [2.05, 4.69) is 32.2 Å². The van der Waals surface area contributed by atoms with Crippen LogP contribution in [0, 0.1) is 6.92 Å². The Morgan fingerprint density at radius 2 is 2.36 bits per heavy atom. The van der Waals surface area contributed by atoms with Gasteiger partial charge in [-0.3, -0.25) is 4.90 Å². The van der Waals surface area contributed by atoms with Gasteiger partial charge >= 0.3 is 0 Å². The third kappa shape index (κ3) is 3.60. The lowest BCUT2D eigenvalue weighted by Crippen LogP contribution is -2.23. The van der Waals surface area contributed by atoms with Crippen LogP contribution in [0.25, 0.3) is 0 Å². The molecule has 0 spiro atoms. The number of fused-ring (bicyclic) bond motifs is 1. The molecule has 1 aliphatic heterocycles. The monoisotopic (exact) mass is 319 g/mol. The molecule has 0 atom stereocenters. The molecule has 7 heteroatoms. The predicted molar refractivity (Wildman–Crippen MR) is 85.5 cm³/mol. The van der Waals surface area contributed by atoms with Gasteiger partial charge in [0.2, 0.25) is 0 Å². The van der Waals surface area contributed by atoms with Gasteiger partial charge in [-0.25, -0.2) is 9.67 Å². The van der Waals surface area contributed by atoms with Gasteiger partial charge in [0.15, 0.2) is 0 Å². The molecule has 22 heavy (non-hydrogen) atoms. The van der Waals surface area contributed by atoms with Gasteiger partial charge in [-0.2, -0.15) is 0 Å². The smallest absolute Gasteiger partial charge is 0.113 e. The fraction of sp³-hybridized carbons (Fsp3) is 0.533. The van der Waals surface area contributed by atoms with E-state index < -0.39 is 0 Å². The largest absolute Gasteiger partial charge is 0.371 e. The minimum Gasteiger partial charge on any atom is -0.371 e. The Hall–Kier alpha value is -1.57. The van der Waals surface area contributed by atoms with Crippen molar-refractivity contribution in [2.45, 2.75) is 39.6 Å². The summed E-state index contributed by atoms with van der Waals surface area (Å²) in [6.07, 6.45) is 2.82.